The Balaban J connectivity index is 2.53. The summed E-state index contributed by atoms with van der Waals surface area (Å²) in [7, 11) is 1.36. The zero-order valence-corrected chi connectivity index (χ0v) is 25.8. The van der Waals surface area contributed by atoms with Crippen LogP contribution in [0.2, 0.25) is 0 Å². The van der Waals surface area contributed by atoms with E-state index < -0.39 is 5.41 Å². The lowest BCUT2D eigenvalue weighted by atomic mass is 9.47. The minimum Gasteiger partial charge on any atom is -0.494 e. The maximum absolute atomic E-state index is 13.7. The SMILES string of the molecule is CCCC(C)C(C)(C)C(C)(C(=O)OCCCCCCOc1ccc(/C=C/C(=O)OC)cc1)C(C)(C)C(C)C. The highest BCUT2D eigenvalue weighted by Gasteiger charge is 2.59. The van der Waals surface area contributed by atoms with Crippen LogP contribution in [0, 0.1) is 28.1 Å². The van der Waals surface area contributed by atoms with Crippen LogP contribution in [0.3, 0.4) is 0 Å². The highest BCUT2D eigenvalue weighted by Crippen LogP contribution is 2.59. The molecule has 0 bridgehead atoms. The van der Waals surface area contributed by atoms with Crippen molar-refractivity contribution in [1.82, 2.24) is 0 Å². The van der Waals surface area contributed by atoms with Gasteiger partial charge < -0.3 is 14.2 Å². The van der Waals surface area contributed by atoms with E-state index in [2.05, 4.69) is 67.1 Å². The molecule has 0 heterocycles. The van der Waals surface area contributed by atoms with Gasteiger partial charge in [0, 0.05) is 6.08 Å². The van der Waals surface area contributed by atoms with Crippen molar-refractivity contribution in [2.45, 2.75) is 101 Å². The number of ether oxygens (including phenoxy) is 3. The predicted molar refractivity (Wildman–Crippen MR) is 157 cm³/mol. The molecule has 0 amide bonds. The third kappa shape index (κ3) is 8.61. The van der Waals surface area contributed by atoms with Crippen LogP contribution in [0.1, 0.15) is 106 Å². The molecule has 0 aliphatic heterocycles. The minimum atomic E-state index is -0.596. The van der Waals surface area contributed by atoms with Crippen molar-refractivity contribution in [3.63, 3.8) is 0 Å². The molecule has 2 atom stereocenters. The van der Waals surface area contributed by atoms with Crippen LogP contribution in [0.4, 0.5) is 0 Å². The molecule has 1 aromatic rings. The summed E-state index contributed by atoms with van der Waals surface area (Å²) in [4.78, 5) is 24.9. The Morgan fingerprint density at radius 1 is 0.868 bits per heavy atom. The van der Waals surface area contributed by atoms with Crippen LogP contribution in [-0.4, -0.2) is 32.3 Å². The third-order valence-electron chi connectivity index (χ3n) is 9.42. The molecule has 0 saturated carbocycles. The van der Waals surface area contributed by atoms with Crippen LogP contribution in [0.25, 0.3) is 6.08 Å². The Morgan fingerprint density at radius 2 is 1.45 bits per heavy atom. The molecule has 38 heavy (non-hydrogen) atoms. The molecule has 0 aliphatic carbocycles. The van der Waals surface area contributed by atoms with Gasteiger partial charge in [-0.05, 0) is 79.0 Å². The number of hydrogen-bond acceptors (Lipinski definition) is 5. The van der Waals surface area contributed by atoms with Gasteiger partial charge in [0.15, 0.2) is 0 Å². The molecule has 0 aromatic heterocycles. The second-order valence-electron chi connectivity index (χ2n) is 12.2. The average molecular weight is 531 g/mol. The fourth-order valence-electron chi connectivity index (χ4n) is 5.18. The Kier molecular flexibility index (Phi) is 13.6. The molecule has 5 nitrogen and oxygen atoms in total. The topological polar surface area (TPSA) is 61.8 Å². The summed E-state index contributed by atoms with van der Waals surface area (Å²) in [5, 5.41) is 0. The van der Waals surface area contributed by atoms with Crippen LogP contribution in [-0.2, 0) is 19.1 Å². The summed E-state index contributed by atoms with van der Waals surface area (Å²) in [5.74, 6) is 1.13. The van der Waals surface area contributed by atoms with Gasteiger partial charge in [-0.3, -0.25) is 4.79 Å². The highest BCUT2D eigenvalue weighted by atomic mass is 16.5. The van der Waals surface area contributed by atoms with E-state index in [1.807, 2.05) is 24.3 Å². The predicted octanol–water partition coefficient (Wildman–Crippen LogP) is 8.51. The zero-order chi connectivity index (χ0) is 29.0. The van der Waals surface area contributed by atoms with Crippen molar-refractivity contribution in [2.75, 3.05) is 20.3 Å². The van der Waals surface area contributed by atoms with E-state index in [9.17, 15) is 9.59 Å². The van der Waals surface area contributed by atoms with Gasteiger partial charge in [0.2, 0.25) is 0 Å². The summed E-state index contributed by atoms with van der Waals surface area (Å²) < 4.78 is 16.4. The minimum absolute atomic E-state index is 0.0580. The van der Waals surface area contributed by atoms with Crippen molar-refractivity contribution in [2.24, 2.45) is 28.1 Å². The maximum Gasteiger partial charge on any atom is 0.330 e. The van der Waals surface area contributed by atoms with E-state index >= 15 is 0 Å². The number of carbonyl (C=O) groups is 2. The molecular weight excluding hydrogens is 476 g/mol. The molecule has 1 rings (SSSR count). The second-order valence-corrected chi connectivity index (χ2v) is 12.2. The van der Waals surface area contributed by atoms with Crippen molar-refractivity contribution in [3.8, 4) is 5.75 Å². The fraction of sp³-hybridized carbons (Fsp3) is 0.697. The van der Waals surface area contributed by atoms with Gasteiger partial charge in [-0.2, -0.15) is 0 Å². The summed E-state index contributed by atoms with van der Waals surface area (Å²) in [6, 6.07) is 7.60. The first-order chi connectivity index (χ1) is 17.7. The quantitative estimate of drug-likeness (QED) is 0.115. The van der Waals surface area contributed by atoms with E-state index in [0.717, 1.165) is 49.8 Å². The first kappa shape index (κ1) is 33.7. The molecule has 0 fully saturated rings. The number of carbonyl (C=O) groups excluding carboxylic acids is 2. The number of unbranched alkanes of at least 4 members (excludes halogenated alkanes) is 3. The van der Waals surface area contributed by atoms with Crippen molar-refractivity contribution < 1.29 is 23.8 Å². The van der Waals surface area contributed by atoms with E-state index in [1.54, 1.807) is 6.08 Å². The third-order valence-corrected chi connectivity index (χ3v) is 9.42. The number of esters is 2. The van der Waals surface area contributed by atoms with Crippen LogP contribution >= 0.6 is 0 Å². The molecular formula is C33H54O5. The summed E-state index contributed by atoms with van der Waals surface area (Å²) in [5.41, 5.74) is -0.0845. The molecule has 0 spiro atoms. The van der Waals surface area contributed by atoms with E-state index in [1.165, 1.54) is 13.2 Å². The molecule has 0 saturated heterocycles. The lowest BCUT2D eigenvalue weighted by Crippen LogP contribution is -2.57. The van der Waals surface area contributed by atoms with Gasteiger partial charge in [-0.15, -0.1) is 0 Å². The second kappa shape index (κ2) is 15.3. The standard InChI is InChI=1S/C33H54O5/c1-11-16-26(4)32(7,8)33(9,31(5,6)25(2)3)30(35)38-24-15-13-12-14-23-37-28-20-17-27(18-21-28)19-22-29(34)36-10/h17-22,25-26H,11-16,23-24H2,1-10H3/b22-19+. The van der Waals surface area contributed by atoms with Gasteiger partial charge in [-0.1, -0.05) is 80.4 Å². The Labute approximate surface area is 232 Å². The van der Waals surface area contributed by atoms with Crippen molar-refractivity contribution in [3.05, 3.63) is 35.9 Å². The summed E-state index contributed by atoms with van der Waals surface area (Å²) in [6.07, 6.45) is 9.13. The van der Waals surface area contributed by atoms with Crippen molar-refractivity contribution in [1.29, 1.82) is 0 Å². The Bertz CT molecular complexity index is 881. The molecule has 216 valence electrons. The first-order valence-corrected chi connectivity index (χ1v) is 14.4. The van der Waals surface area contributed by atoms with Gasteiger partial charge >= 0.3 is 11.9 Å². The fourth-order valence-corrected chi connectivity index (χ4v) is 5.18. The maximum atomic E-state index is 13.7. The lowest BCUT2D eigenvalue weighted by molar-refractivity contribution is -0.184. The van der Waals surface area contributed by atoms with E-state index in [-0.39, 0.29) is 22.8 Å². The van der Waals surface area contributed by atoms with E-state index in [4.69, 9.17) is 9.47 Å². The van der Waals surface area contributed by atoms with Crippen LogP contribution < -0.4 is 4.74 Å². The molecule has 0 radical (unpaired) electrons. The van der Waals surface area contributed by atoms with Crippen molar-refractivity contribution >= 4 is 18.0 Å². The Hall–Kier alpha value is -2.30. The normalized spacial score (nSPS) is 14.8. The number of hydrogen-bond donors (Lipinski definition) is 0. The van der Waals surface area contributed by atoms with Gasteiger partial charge in [0.25, 0.3) is 0 Å². The lowest BCUT2D eigenvalue weighted by Gasteiger charge is -2.56. The molecule has 1 aromatic carbocycles. The highest BCUT2D eigenvalue weighted by molar-refractivity contribution is 5.86. The largest absolute Gasteiger partial charge is 0.494 e. The van der Waals surface area contributed by atoms with Gasteiger partial charge in [0.1, 0.15) is 5.75 Å². The Morgan fingerprint density at radius 3 is 1.97 bits per heavy atom. The van der Waals surface area contributed by atoms with Gasteiger partial charge in [0.05, 0.1) is 25.7 Å². The monoisotopic (exact) mass is 530 g/mol. The van der Waals surface area contributed by atoms with E-state index in [0.29, 0.717) is 25.0 Å². The van der Waals surface area contributed by atoms with Crippen LogP contribution in [0.15, 0.2) is 30.3 Å². The molecule has 5 heteroatoms. The summed E-state index contributed by atoms with van der Waals surface area (Å²) in [6.45, 7) is 21.1. The average Bonchev–Trinajstić information content (AvgIpc) is 2.88. The first-order valence-electron chi connectivity index (χ1n) is 14.4. The van der Waals surface area contributed by atoms with Crippen LogP contribution in [0.5, 0.6) is 5.75 Å². The number of methoxy groups -OCH3 is 1. The van der Waals surface area contributed by atoms with Gasteiger partial charge in [-0.25, -0.2) is 4.79 Å². The smallest absolute Gasteiger partial charge is 0.330 e. The number of benzene rings is 1. The molecule has 0 N–H and O–H groups in total. The molecule has 2 unspecified atom stereocenters. The molecule has 0 aliphatic rings. The summed E-state index contributed by atoms with van der Waals surface area (Å²) >= 11 is 0. The zero-order valence-electron chi connectivity index (χ0n) is 25.8. The number of rotatable bonds is 17.